The van der Waals surface area contributed by atoms with Crippen molar-refractivity contribution in [1.29, 1.82) is 0 Å². The Balaban J connectivity index is 2.02. The summed E-state index contributed by atoms with van der Waals surface area (Å²) in [4.78, 5) is 11.9. The van der Waals surface area contributed by atoms with Gasteiger partial charge in [0.2, 0.25) is 5.91 Å². The molecule has 1 heterocycles. The van der Waals surface area contributed by atoms with Crippen molar-refractivity contribution in [3.8, 4) is 0 Å². The Labute approximate surface area is 117 Å². The molecular formula is C15H18FN3O. The molecule has 0 saturated carbocycles. The first kappa shape index (κ1) is 14.2. The zero-order chi connectivity index (χ0) is 14.8. The van der Waals surface area contributed by atoms with Gasteiger partial charge in [0.05, 0.1) is 6.42 Å². The third-order valence-corrected chi connectivity index (χ3v) is 2.96. The highest BCUT2D eigenvalue weighted by molar-refractivity contribution is 5.91. The number of rotatable bonds is 3. The number of benzene rings is 1. The number of carbonyl (C=O) groups excluding carboxylic acids is 1. The normalized spacial score (nSPS) is 11.4. The number of aromatic amines is 1. The van der Waals surface area contributed by atoms with E-state index >= 15 is 0 Å². The second kappa shape index (κ2) is 5.45. The Morgan fingerprint density at radius 3 is 2.65 bits per heavy atom. The van der Waals surface area contributed by atoms with Crippen LogP contribution >= 0.6 is 0 Å². The topological polar surface area (TPSA) is 57.8 Å². The van der Waals surface area contributed by atoms with Crippen LogP contribution in [0.2, 0.25) is 0 Å². The van der Waals surface area contributed by atoms with Crippen molar-refractivity contribution in [2.45, 2.75) is 32.6 Å². The first-order valence-electron chi connectivity index (χ1n) is 6.45. The standard InChI is InChI=1S/C15H18FN3O/c1-15(2,3)12-9-13(19-18-12)17-14(20)8-10-6-4-5-7-11(10)16/h4-7,9H,8H2,1-3H3,(H2,17,18,19,20). The van der Waals surface area contributed by atoms with E-state index in [1.165, 1.54) is 6.07 Å². The zero-order valence-electron chi connectivity index (χ0n) is 11.8. The molecule has 2 N–H and O–H groups in total. The molecule has 0 aliphatic carbocycles. The molecule has 0 saturated heterocycles. The minimum atomic E-state index is -0.375. The van der Waals surface area contributed by atoms with Gasteiger partial charge >= 0.3 is 0 Å². The van der Waals surface area contributed by atoms with Crippen LogP contribution in [0.4, 0.5) is 10.2 Å². The van der Waals surface area contributed by atoms with E-state index in [0.717, 1.165) is 5.69 Å². The summed E-state index contributed by atoms with van der Waals surface area (Å²) in [5.41, 5.74) is 1.23. The molecule has 0 atom stereocenters. The van der Waals surface area contributed by atoms with E-state index in [-0.39, 0.29) is 23.6 Å². The van der Waals surface area contributed by atoms with Crippen LogP contribution in [-0.4, -0.2) is 16.1 Å². The number of aromatic nitrogens is 2. The molecule has 0 unspecified atom stereocenters. The Morgan fingerprint density at radius 2 is 2.05 bits per heavy atom. The van der Waals surface area contributed by atoms with Gasteiger partial charge in [-0.15, -0.1) is 0 Å². The van der Waals surface area contributed by atoms with Gasteiger partial charge in [0.1, 0.15) is 5.82 Å². The highest BCUT2D eigenvalue weighted by atomic mass is 19.1. The molecule has 4 nitrogen and oxygen atoms in total. The molecule has 5 heteroatoms. The number of nitrogens with one attached hydrogen (secondary N) is 2. The fraction of sp³-hybridized carbons (Fsp3) is 0.333. The van der Waals surface area contributed by atoms with Crippen LogP contribution in [0.3, 0.4) is 0 Å². The monoisotopic (exact) mass is 275 g/mol. The Morgan fingerprint density at radius 1 is 1.35 bits per heavy atom. The average Bonchev–Trinajstić information content (AvgIpc) is 2.80. The van der Waals surface area contributed by atoms with Gasteiger partial charge in [0, 0.05) is 17.2 Å². The summed E-state index contributed by atoms with van der Waals surface area (Å²) in [6, 6.07) is 8.03. The van der Waals surface area contributed by atoms with Gasteiger partial charge in [0.25, 0.3) is 0 Å². The Hall–Kier alpha value is -2.17. The van der Waals surface area contributed by atoms with Gasteiger partial charge in [-0.05, 0) is 11.6 Å². The van der Waals surface area contributed by atoms with Crippen LogP contribution in [0.15, 0.2) is 30.3 Å². The summed E-state index contributed by atoms with van der Waals surface area (Å²) < 4.78 is 13.4. The molecule has 106 valence electrons. The largest absolute Gasteiger partial charge is 0.309 e. The number of carbonyl (C=O) groups is 1. The first-order valence-corrected chi connectivity index (χ1v) is 6.45. The fourth-order valence-electron chi connectivity index (χ4n) is 1.77. The van der Waals surface area contributed by atoms with Crippen LogP contribution in [0.25, 0.3) is 0 Å². The lowest BCUT2D eigenvalue weighted by Gasteiger charge is -2.14. The lowest BCUT2D eigenvalue weighted by molar-refractivity contribution is -0.115. The summed E-state index contributed by atoms with van der Waals surface area (Å²) in [6.45, 7) is 6.14. The maximum absolute atomic E-state index is 13.4. The van der Waals surface area contributed by atoms with Crippen LogP contribution in [0, 0.1) is 5.82 Å². The van der Waals surface area contributed by atoms with Gasteiger partial charge in [-0.3, -0.25) is 9.89 Å². The molecule has 2 rings (SSSR count). The van der Waals surface area contributed by atoms with Gasteiger partial charge in [0.15, 0.2) is 5.82 Å². The van der Waals surface area contributed by atoms with E-state index in [4.69, 9.17) is 0 Å². The summed E-state index contributed by atoms with van der Waals surface area (Å²) in [5, 5.41) is 9.59. The van der Waals surface area contributed by atoms with Gasteiger partial charge in [-0.25, -0.2) is 4.39 Å². The highest BCUT2D eigenvalue weighted by Crippen LogP contribution is 2.22. The summed E-state index contributed by atoms with van der Waals surface area (Å²) >= 11 is 0. The SMILES string of the molecule is CC(C)(C)c1cc(NC(=O)Cc2ccccc2F)n[nH]1. The third-order valence-electron chi connectivity index (χ3n) is 2.96. The van der Waals surface area contributed by atoms with Crippen LogP contribution in [-0.2, 0) is 16.6 Å². The van der Waals surface area contributed by atoms with E-state index in [2.05, 4.69) is 15.5 Å². The minimum Gasteiger partial charge on any atom is -0.309 e. The molecule has 0 bridgehead atoms. The second-order valence-electron chi connectivity index (χ2n) is 5.73. The third kappa shape index (κ3) is 3.44. The zero-order valence-corrected chi connectivity index (χ0v) is 11.8. The van der Waals surface area contributed by atoms with Gasteiger partial charge < -0.3 is 5.32 Å². The summed E-state index contributed by atoms with van der Waals surface area (Å²) in [5.74, 6) is -0.210. The van der Waals surface area contributed by atoms with E-state index < -0.39 is 0 Å². The summed E-state index contributed by atoms with van der Waals surface area (Å²) in [7, 11) is 0. The van der Waals surface area contributed by atoms with Crippen molar-refractivity contribution >= 4 is 11.7 Å². The van der Waals surface area contributed by atoms with Crippen molar-refractivity contribution < 1.29 is 9.18 Å². The smallest absolute Gasteiger partial charge is 0.230 e. The predicted octanol–water partition coefficient (Wildman–Crippen LogP) is 3.03. The van der Waals surface area contributed by atoms with Crippen molar-refractivity contribution in [2.24, 2.45) is 0 Å². The van der Waals surface area contributed by atoms with Gasteiger partial charge in [-0.2, -0.15) is 5.10 Å². The fourth-order valence-corrected chi connectivity index (χ4v) is 1.77. The molecule has 20 heavy (non-hydrogen) atoms. The van der Waals surface area contributed by atoms with Crippen LogP contribution in [0.5, 0.6) is 0 Å². The van der Waals surface area contributed by atoms with Crippen molar-refractivity contribution in [1.82, 2.24) is 10.2 Å². The lowest BCUT2D eigenvalue weighted by atomic mass is 9.92. The maximum atomic E-state index is 13.4. The molecule has 0 spiro atoms. The first-order chi connectivity index (χ1) is 9.36. The molecule has 0 aliphatic rings. The Bertz CT molecular complexity index is 614. The quantitative estimate of drug-likeness (QED) is 0.904. The van der Waals surface area contributed by atoms with Crippen molar-refractivity contribution in [3.05, 3.63) is 47.4 Å². The summed E-state index contributed by atoms with van der Waals surface area (Å²) in [6.07, 6.45) is -0.00954. The van der Waals surface area contributed by atoms with Crippen LogP contribution in [0.1, 0.15) is 32.0 Å². The molecule has 1 amide bonds. The number of hydrogen-bond acceptors (Lipinski definition) is 2. The number of nitrogens with zero attached hydrogens (tertiary/aromatic N) is 1. The number of halogens is 1. The van der Waals surface area contributed by atoms with Crippen molar-refractivity contribution in [2.75, 3.05) is 5.32 Å². The molecule has 0 aliphatic heterocycles. The second-order valence-corrected chi connectivity index (χ2v) is 5.73. The lowest BCUT2D eigenvalue weighted by Crippen LogP contribution is -2.15. The number of anilines is 1. The highest BCUT2D eigenvalue weighted by Gasteiger charge is 2.17. The van der Waals surface area contributed by atoms with Crippen molar-refractivity contribution in [3.63, 3.8) is 0 Å². The van der Waals surface area contributed by atoms with Crippen LogP contribution < -0.4 is 5.32 Å². The van der Waals surface area contributed by atoms with E-state index in [9.17, 15) is 9.18 Å². The number of H-pyrrole nitrogens is 1. The molecule has 0 radical (unpaired) electrons. The Kier molecular flexibility index (Phi) is 3.88. The average molecular weight is 275 g/mol. The predicted molar refractivity (Wildman–Crippen MR) is 76.0 cm³/mol. The molecular weight excluding hydrogens is 257 g/mol. The molecule has 1 aromatic carbocycles. The number of hydrogen-bond donors (Lipinski definition) is 2. The van der Waals surface area contributed by atoms with E-state index in [1.807, 2.05) is 20.8 Å². The van der Waals surface area contributed by atoms with E-state index in [1.54, 1.807) is 24.3 Å². The van der Waals surface area contributed by atoms with Gasteiger partial charge in [-0.1, -0.05) is 39.0 Å². The van der Waals surface area contributed by atoms with E-state index in [0.29, 0.717) is 11.4 Å². The molecule has 0 fully saturated rings. The molecule has 2 aromatic rings. The molecule has 1 aromatic heterocycles. The maximum Gasteiger partial charge on any atom is 0.230 e. The number of amides is 1. The minimum absolute atomic E-state index is 0.00954.